The summed E-state index contributed by atoms with van der Waals surface area (Å²) in [4.78, 5) is 117. The fraction of sp³-hybridized carbons (Fsp3) is 0.604. The molecular formula is C53H72N6O13. The molecule has 72 heavy (non-hydrogen) atoms. The topological polar surface area (TPSA) is 254 Å². The third-order valence-corrected chi connectivity index (χ3v) is 13.4. The molecule has 1 aliphatic carbocycles. The van der Waals surface area contributed by atoms with E-state index in [1.54, 1.807) is 37.3 Å². The smallest absolute Gasteiger partial charge is 0.408 e. The van der Waals surface area contributed by atoms with Crippen molar-refractivity contribution in [2.45, 2.75) is 173 Å². The van der Waals surface area contributed by atoms with E-state index in [4.69, 9.17) is 18.9 Å². The molecule has 392 valence electrons. The molecule has 0 bridgehead atoms. The second-order valence-corrected chi connectivity index (χ2v) is 20.3. The molecule has 19 nitrogen and oxygen atoms in total. The summed E-state index contributed by atoms with van der Waals surface area (Å²) in [5.41, 5.74) is 0.295. The quantitative estimate of drug-likeness (QED) is 0.0453. The number of unbranched alkanes of at least 4 members (excludes halogenated alkanes) is 5. The first-order valence-electron chi connectivity index (χ1n) is 25.6. The number of amides is 8. The maximum atomic E-state index is 14.1. The number of nitrogens with zero attached hydrogens (tertiary/aromatic N) is 1. The average molecular weight is 1000 g/mol. The molecule has 6 atom stereocenters. The third kappa shape index (κ3) is 15.8. The van der Waals surface area contributed by atoms with Gasteiger partial charge in [-0.3, -0.25) is 43.8 Å². The highest BCUT2D eigenvalue weighted by Crippen LogP contribution is 2.34. The van der Waals surface area contributed by atoms with Crippen molar-refractivity contribution < 1.29 is 62.1 Å². The second kappa shape index (κ2) is 26.4. The zero-order valence-electron chi connectivity index (χ0n) is 42.1. The van der Waals surface area contributed by atoms with Crippen LogP contribution in [0.1, 0.15) is 157 Å². The third-order valence-electron chi connectivity index (χ3n) is 13.4. The van der Waals surface area contributed by atoms with Gasteiger partial charge in [0.25, 0.3) is 11.8 Å². The molecule has 2 saturated heterocycles. The minimum Gasteiger partial charge on any atom is -0.494 e. The molecule has 3 fully saturated rings. The fourth-order valence-corrected chi connectivity index (χ4v) is 9.81. The molecule has 6 rings (SSSR count). The Bertz CT molecular complexity index is 2280. The molecule has 0 radical (unpaired) electrons. The summed E-state index contributed by atoms with van der Waals surface area (Å²) < 4.78 is 23.7. The van der Waals surface area contributed by atoms with Crippen molar-refractivity contribution >= 4 is 53.7 Å². The van der Waals surface area contributed by atoms with E-state index < -0.39 is 83.3 Å². The van der Waals surface area contributed by atoms with E-state index in [-0.39, 0.29) is 48.8 Å². The van der Waals surface area contributed by atoms with Crippen molar-refractivity contribution in [3.8, 4) is 11.5 Å². The predicted octanol–water partition coefficient (Wildman–Crippen LogP) is 5.35. The number of nitrogens with one attached hydrogen (secondary N) is 5. The Morgan fingerprint density at radius 3 is 2.18 bits per heavy atom. The number of hydrogen-bond donors (Lipinski definition) is 5. The van der Waals surface area contributed by atoms with Gasteiger partial charge in [0, 0.05) is 18.9 Å². The summed E-state index contributed by atoms with van der Waals surface area (Å²) in [7, 11) is 0. The lowest BCUT2D eigenvalue weighted by molar-refractivity contribution is -0.136. The van der Waals surface area contributed by atoms with Gasteiger partial charge in [0.05, 0.1) is 42.1 Å². The molecule has 2 aromatic rings. The Morgan fingerprint density at radius 1 is 0.792 bits per heavy atom. The van der Waals surface area contributed by atoms with Gasteiger partial charge < -0.3 is 45.0 Å². The molecule has 8 amide bonds. The van der Waals surface area contributed by atoms with E-state index in [0.717, 1.165) is 75.5 Å². The lowest BCUT2D eigenvalue weighted by atomic mass is 9.84. The van der Waals surface area contributed by atoms with Gasteiger partial charge in [-0.05, 0) is 102 Å². The Balaban J connectivity index is 0.921. The molecule has 3 aliphatic heterocycles. The molecule has 6 unspecified atom stereocenters. The highest BCUT2D eigenvalue weighted by Gasteiger charge is 2.46. The first-order valence-corrected chi connectivity index (χ1v) is 25.6. The van der Waals surface area contributed by atoms with Gasteiger partial charge in [0.1, 0.15) is 42.5 Å². The number of fused-ring (bicyclic) bond motifs is 1. The van der Waals surface area contributed by atoms with Crippen molar-refractivity contribution in [1.82, 2.24) is 31.5 Å². The summed E-state index contributed by atoms with van der Waals surface area (Å²) in [5.74, 6) is -2.92. The van der Waals surface area contributed by atoms with Crippen LogP contribution in [0.25, 0.3) is 0 Å². The maximum absolute atomic E-state index is 14.1. The van der Waals surface area contributed by atoms with Crippen LogP contribution in [0.2, 0.25) is 0 Å². The molecular weight excluding hydrogens is 929 g/mol. The summed E-state index contributed by atoms with van der Waals surface area (Å²) in [6.07, 6.45) is 10.3. The second-order valence-electron chi connectivity index (χ2n) is 20.3. The van der Waals surface area contributed by atoms with Crippen LogP contribution in [0, 0.1) is 11.8 Å². The van der Waals surface area contributed by atoms with Gasteiger partial charge in [0.15, 0.2) is 0 Å². The maximum Gasteiger partial charge on any atom is 0.408 e. The van der Waals surface area contributed by atoms with E-state index in [1.807, 2.05) is 26.8 Å². The lowest BCUT2D eigenvalue weighted by Gasteiger charge is -2.32. The minimum absolute atomic E-state index is 0.0444. The summed E-state index contributed by atoms with van der Waals surface area (Å²) in [6.45, 7) is 8.36. The Hall–Kier alpha value is -6.37. The van der Waals surface area contributed by atoms with E-state index >= 15 is 0 Å². The van der Waals surface area contributed by atoms with Crippen LogP contribution in [0.15, 0.2) is 42.5 Å². The number of ether oxygens (including phenoxy) is 4. The van der Waals surface area contributed by atoms with Crippen LogP contribution in [0.3, 0.4) is 0 Å². The zero-order chi connectivity index (χ0) is 51.8. The molecule has 1 saturated carbocycles. The number of carbonyl (C=O) groups excluding carboxylic acids is 9. The van der Waals surface area contributed by atoms with E-state index in [0.29, 0.717) is 55.9 Å². The van der Waals surface area contributed by atoms with Gasteiger partial charge in [0.2, 0.25) is 29.5 Å². The largest absolute Gasteiger partial charge is 0.494 e. The van der Waals surface area contributed by atoms with E-state index in [2.05, 4.69) is 26.6 Å². The average Bonchev–Trinajstić information content (AvgIpc) is 3.87. The van der Waals surface area contributed by atoms with Crippen molar-refractivity contribution in [2.24, 2.45) is 11.8 Å². The van der Waals surface area contributed by atoms with Crippen molar-refractivity contribution in [3.05, 3.63) is 59.2 Å². The fourth-order valence-electron chi connectivity index (χ4n) is 9.81. The summed E-state index contributed by atoms with van der Waals surface area (Å²) in [5, 5.41) is 13.3. The summed E-state index contributed by atoms with van der Waals surface area (Å²) >= 11 is 0. The van der Waals surface area contributed by atoms with Gasteiger partial charge in [-0.2, -0.15) is 0 Å². The molecule has 4 aliphatic rings. The van der Waals surface area contributed by atoms with Crippen LogP contribution in [0.4, 0.5) is 4.79 Å². The van der Waals surface area contributed by atoms with Crippen LogP contribution < -0.4 is 36.1 Å². The molecule has 0 aromatic heterocycles. The number of alkyl carbamates (subject to hydrolysis) is 1. The molecule has 0 spiro atoms. The highest BCUT2D eigenvalue weighted by molar-refractivity contribution is 6.24. The number of rotatable bonds is 26. The van der Waals surface area contributed by atoms with Crippen LogP contribution >= 0.6 is 0 Å². The van der Waals surface area contributed by atoms with Crippen LogP contribution in [-0.4, -0.2) is 114 Å². The lowest BCUT2D eigenvalue weighted by Crippen LogP contribution is -2.59. The highest BCUT2D eigenvalue weighted by atomic mass is 16.6. The van der Waals surface area contributed by atoms with Crippen molar-refractivity contribution in [2.75, 3.05) is 19.8 Å². The molecule has 5 N–H and O–H groups in total. The van der Waals surface area contributed by atoms with E-state index in [9.17, 15) is 43.2 Å². The number of carbonyl (C=O) groups is 9. The monoisotopic (exact) mass is 1000 g/mol. The molecule has 19 heteroatoms. The normalized spacial score (nSPS) is 19.8. The van der Waals surface area contributed by atoms with Gasteiger partial charge in [-0.25, -0.2) is 4.79 Å². The van der Waals surface area contributed by atoms with Crippen molar-refractivity contribution in [3.63, 3.8) is 0 Å². The predicted molar refractivity (Wildman–Crippen MR) is 263 cm³/mol. The number of benzene rings is 2. The SMILES string of the molecule is CC(OC(C)(C)C)C(NC(=O)OCc1cccc(OCCCCCCCCOc2cccc3c2C(=O)N(C2CCC(=O)NC2=O)C3=O)c1)C(=O)NC(CC1CCCCC1)C(=O)NC(C=O)CC1CCNC1=O. The number of hydrogen-bond acceptors (Lipinski definition) is 13. The first kappa shape index (κ1) is 55.0. The van der Waals surface area contributed by atoms with E-state index in [1.165, 1.54) is 6.07 Å². The molecule has 2 aromatic carbocycles. The van der Waals surface area contributed by atoms with Gasteiger partial charge >= 0.3 is 6.09 Å². The minimum atomic E-state index is -1.25. The Labute approximate surface area is 421 Å². The number of aldehydes is 1. The van der Waals surface area contributed by atoms with Gasteiger partial charge in [-0.1, -0.05) is 76.0 Å². The first-order chi connectivity index (χ1) is 34.5. The molecule has 3 heterocycles. The van der Waals surface area contributed by atoms with Crippen molar-refractivity contribution in [1.29, 1.82) is 0 Å². The van der Waals surface area contributed by atoms with Crippen LogP contribution in [0.5, 0.6) is 11.5 Å². The van der Waals surface area contributed by atoms with Gasteiger partial charge in [-0.15, -0.1) is 0 Å². The standard InChI is InChI=1S/C53H72N6O13/c1-33(72-53(2,3)4)45(49(65)56-40(29-34-16-10-9-11-17-34)47(63)55-37(31-60)30-36-24-25-54-46(36)62)58-52(68)71-32-35-18-14-19-38(28-35)69-26-12-7-5-6-8-13-27-70-42-21-15-20-39-44(42)51(67)59(50(39)66)41-22-23-43(61)57-48(41)64/h14-15,18-21,28,31,33-34,36-37,40-41,45H,5-13,16-17,22-27,29-30,32H2,1-4H3,(H,54,62)(H,55,63)(H,56,65)(H,58,68)(H,57,61,64). The number of piperidine rings is 1. The zero-order valence-corrected chi connectivity index (χ0v) is 42.1. The summed E-state index contributed by atoms with van der Waals surface area (Å²) in [6, 6.07) is 7.78. The Kier molecular flexibility index (Phi) is 20.1. The Morgan fingerprint density at radius 2 is 1.50 bits per heavy atom. The number of imide groups is 2. The van der Waals surface area contributed by atoms with Crippen LogP contribution in [-0.2, 0) is 44.8 Å².